The average molecular weight is 217 g/mol. The van der Waals surface area contributed by atoms with Gasteiger partial charge in [-0.25, -0.2) is 13.1 Å². The van der Waals surface area contributed by atoms with Crippen molar-refractivity contribution in [2.75, 3.05) is 7.05 Å². The summed E-state index contributed by atoms with van der Waals surface area (Å²) in [6.45, 7) is 4.06. The molecule has 0 bridgehead atoms. The van der Waals surface area contributed by atoms with Crippen LogP contribution in [0.2, 0.25) is 0 Å². The second-order valence-corrected chi connectivity index (χ2v) is 5.32. The molecule has 0 saturated carbocycles. The van der Waals surface area contributed by atoms with Crippen LogP contribution in [0.5, 0.6) is 0 Å². The van der Waals surface area contributed by atoms with E-state index in [9.17, 15) is 8.42 Å². The first-order valence-electron chi connectivity index (χ1n) is 4.47. The molecule has 0 unspecified atom stereocenters. The van der Waals surface area contributed by atoms with E-state index in [4.69, 9.17) is 4.42 Å². The van der Waals surface area contributed by atoms with Gasteiger partial charge in [-0.15, -0.1) is 0 Å². The number of hydrogen-bond acceptors (Lipinski definition) is 3. The van der Waals surface area contributed by atoms with Crippen LogP contribution in [0.15, 0.2) is 21.8 Å². The van der Waals surface area contributed by atoms with Crippen LogP contribution in [0.1, 0.15) is 19.4 Å². The van der Waals surface area contributed by atoms with Gasteiger partial charge in [0.15, 0.2) is 0 Å². The van der Waals surface area contributed by atoms with Gasteiger partial charge in [-0.2, -0.15) is 0 Å². The number of hydrogen-bond donors (Lipinski definition) is 1. The van der Waals surface area contributed by atoms with Gasteiger partial charge in [0, 0.05) is 5.56 Å². The summed E-state index contributed by atoms with van der Waals surface area (Å²) in [5.74, 6) is 0.401. The fourth-order valence-electron chi connectivity index (χ4n) is 1.24. The highest BCUT2D eigenvalue weighted by Gasteiger charge is 2.20. The topological polar surface area (TPSA) is 59.3 Å². The van der Waals surface area contributed by atoms with Crippen molar-refractivity contribution in [2.45, 2.75) is 25.4 Å². The van der Waals surface area contributed by atoms with Crippen molar-refractivity contribution >= 4 is 10.0 Å². The lowest BCUT2D eigenvalue weighted by molar-refractivity contribution is 0.437. The Bertz CT molecular complexity index is 392. The average Bonchev–Trinajstić information content (AvgIpc) is 2.52. The molecule has 5 heteroatoms. The summed E-state index contributed by atoms with van der Waals surface area (Å²) in [6.07, 6.45) is 2.11. The van der Waals surface area contributed by atoms with E-state index in [0.717, 1.165) is 5.56 Å². The van der Waals surface area contributed by atoms with Gasteiger partial charge >= 0.3 is 0 Å². The Morgan fingerprint density at radius 2 is 2.14 bits per heavy atom. The molecule has 14 heavy (non-hydrogen) atoms. The van der Waals surface area contributed by atoms with Crippen LogP contribution in [0, 0.1) is 5.92 Å². The van der Waals surface area contributed by atoms with Crippen LogP contribution in [0.25, 0.3) is 0 Å². The highest BCUT2D eigenvalue weighted by molar-refractivity contribution is 7.89. The molecule has 0 aromatic carbocycles. The van der Waals surface area contributed by atoms with Crippen LogP contribution in [-0.4, -0.2) is 15.5 Å². The molecule has 0 amide bonds. The van der Waals surface area contributed by atoms with Gasteiger partial charge in [0.25, 0.3) is 10.0 Å². The van der Waals surface area contributed by atoms with Crippen molar-refractivity contribution in [3.63, 3.8) is 0 Å². The fourth-order valence-corrected chi connectivity index (χ4v) is 2.11. The van der Waals surface area contributed by atoms with E-state index in [0.29, 0.717) is 12.3 Å². The van der Waals surface area contributed by atoms with Crippen molar-refractivity contribution in [1.29, 1.82) is 0 Å². The molecule has 0 spiro atoms. The fraction of sp³-hybridized carbons (Fsp3) is 0.556. The van der Waals surface area contributed by atoms with Gasteiger partial charge in [-0.3, -0.25) is 0 Å². The van der Waals surface area contributed by atoms with E-state index in [-0.39, 0.29) is 5.09 Å². The lowest BCUT2D eigenvalue weighted by Crippen LogP contribution is -2.19. The molecule has 0 atom stereocenters. The van der Waals surface area contributed by atoms with Crippen molar-refractivity contribution in [1.82, 2.24) is 4.72 Å². The minimum Gasteiger partial charge on any atom is -0.451 e. The molecule has 1 N–H and O–H groups in total. The third-order valence-electron chi connectivity index (χ3n) is 1.85. The molecular weight excluding hydrogens is 202 g/mol. The van der Waals surface area contributed by atoms with Gasteiger partial charge in [0.2, 0.25) is 5.09 Å². The molecular formula is C9H15NO3S. The highest BCUT2D eigenvalue weighted by atomic mass is 32.2. The lowest BCUT2D eigenvalue weighted by atomic mass is 10.1. The molecule has 1 aromatic heterocycles. The minimum atomic E-state index is -3.45. The Balaban J connectivity index is 3.05. The zero-order valence-electron chi connectivity index (χ0n) is 8.57. The van der Waals surface area contributed by atoms with Gasteiger partial charge in [-0.1, -0.05) is 13.8 Å². The van der Waals surface area contributed by atoms with Crippen LogP contribution in [0.4, 0.5) is 0 Å². The van der Waals surface area contributed by atoms with Crippen LogP contribution >= 0.6 is 0 Å². The van der Waals surface area contributed by atoms with E-state index in [2.05, 4.69) is 4.72 Å². The summed E-state index contributed by atoms with van der Waals surface area (Å²) in [5.41, 5.74) is 0.731. The van der Waals surface area contributed by atoms with Gasteiger partial charge < -0.3 is 4.42 Å². The Morgan fingerprint density at radius 1 is 1.50 bits per heavy atom. The van der Waals surface area contributed by atoms with E-state index < -0.39 is 10.0 Å². The highest BCUT2D eigenvalue weighted by Crippen LogP contribution is 2.19. The van der Waals surface area contributed by atoms with E-state index in [1.54, 1.807) is 6.07 Å². The standard InChI is InChI=1S/C9H15NO3S/c1-7(2)6-8-4-5-13-9(8)14(11,12)10-3/h4-5,7,10H,6H2,1-3H3. The van der Waals surface area contributed by atoms with Gasteiger partial charge in [0.05, 0.1) is 6.26 Å². The molecule has 1 aromatic rings. The third kappa shape index (κ3) is 2.36. The molecule has 0 aliphatic carbocycles. The second-order valence-electron chi connectivity index (χ2n) is 3.54. The Labute approximate surface area is 84.4 Å². The molecule has 1 heterocycles. The lowest BCUT2D eigenvalue weighted by Gasteiger charge is -2.04. The van der Waals surface area contributed by atoms with Crippen molar-refractivity contribution < 1.29 is 12.8 Å². The van der Waals surface area contributed by atoms with E-state index >= 15 is 0 Å². The van der Waals surface area contributed by atoms with Gasteiger partial charge in [0.1, 0.15) is 0 Å². The van der Waals surface area contributed by atoms with Crippen LogP contribution < -0.4 is 4.72 Å². The first kappa shape index (κ1) is 11.3. The Morgan fingerprint density at radius 3 is 2.64 bits per heavy atom. The summed E-state index contributed by atoms with van der Waals surface area (Å²) < 4.78 is 30.1. The molecule has 0 radical (unpaired) electrons. The summed E-state index contributed by atoms with van der Waals surface area (Å²) in [6, 6.07) is 1.70. The quantitative estimate of drug-likeness (QED) is 0.829. The summed E-state index contributed by atoms with van der Waals surface area (Å²) in [5, 5.41) is 0.0358. The van der Waals surface area contributed by atoms with Gasteiger partial charge in [-0.05, 0) is 25.5 Å². The predicted octanol–water partition coefficient (Wildman–Crippen LogP) is 1.39. The SMILES string of the molecule is CNS(=O)(=O)c1occc1CC(C)C. The minimum absolute atomic E-state index is 0.0358. The summed E-state index contributed by atoms with van der Waals surface area (Å²) >= 11 is 0. The van der Waals surface area contributed by atoms with Crippen molar-refractivity contribution in [3.8, 4) is 0 Å². The van der Waals surface area contributed by atoms with E-state index in [1.807, 2.05) is 13.8 Å². The second kappa shape index (κ2) is 4.14. The maximum Gasteiger partial charge on any atom is 0.273 e. The molecule has 0 aliphatic heterocycles. The Kier molecular flexibility index (Phi) is 3.34. The molecule has 1 rings (SSSR count). The first-order valence-corrected chi connectivity index (χ1v) is 5.95. The van der Waals surface area contributed by atoms with Crippen molar-refractivity contribution in [2.24, 2.45) is 5.92 Å². The Hall–Kier alpha value is -0.810. The third-order valence-corrected chi connectivity index (χ3v) is 3.23. The number of nitrogens with one attached hydrogen (secondary N) is 1. The molecule has 80 valence electrons. The summed E-state index contributed by atoms with van der Waals surface area (Å²) in [7, 11) is -2.08. The zero-order valence-corrected chi connectivity index (χ0v) is 9.39. The molecule has 4 nitrogen and oxygen atoms in total. The number of furan rings is 1. The largest absolute Gasteiger partial charge is 0.451 e. The zero-order chi connectivity index (χ0) is 10.8. The first-order chi connectivity index (χ1) is 6.47. The molecule has 0 aliphatic rings. The predicted molar refractivity (Wildman–Crippen MR) is 53.5 cm³/mol. The van der Waals surface area contributed by atoms with E-state index in [1.165, 1.54) is 13.3 Å². The van der Waals surface area contributed by atoms with Crippen LogP contribution in [-0.2, 0) is 16.4 Å². The maximum absolute atomic E-state index is 11.5. The smallest absolute Gasteiger partial charge is 0.273 e. The van der Waals surface area contributed by atoms with Crippen LogP contribution in [0.3, 0.4) is 0 Å². The number of sulfonamides is 1. The summed E-state index contributed by atoms with van der Waals surface area (Å²) in [4.78, 5) is 0. The van der Waals surface area contributed by atoms with Crippen molar-refractivity contribution in [3.05, 3.63) is 17.9 Å². The normalized spacial score (nSPS) is 12.3. The maximum atomic E-state index is 11.5. The monoisotopic (exact) mass is 217 g/mol. The molecule has 0 fully saturated rings. The molecule has 0 saturated heterocycles. The number of rotatable bonds is 4.